The van der Waals surface area contributed by atoms with Gasteiger partial charge in [-0.25, -0.2) is 9.59 Å². The quantitative estimate of drug-likeness (QED) is 0.179. The molecule has 0 saturated heterocycles. The largest absolute Gasteiger partial charge is 0.426 e. The van der Waals surface area contributed by atoms with E-state index in [-0.39, 0.29) is 5.69 Å². The Bertz CT molecular complexity index is 1570. The number of halogens is 1. The molecule has 0 fully saturated rings. The summed E-state index contributed by atoms with van der Waals surface area (Å²) in [5.41, 5.74) is 4.48. The lowest BCUT2D eigenvalue weighted by Gasteiger charge is -2.16. The fraction of sp³-hybridized carbons (Fsp3) is 0.179. The first-order valence-electron chi connectivity index (χ1n) is 11.3. The fourth-order valence-electron chi connectivity index (χ4n) is 4.17. The number of hydrogen-bond acceptors (Lipinski definition) is 5. The summed E-state index contributed by atoms with van der Waals surface area (Å²) >= 11 is 6.42. The molecule has 36 heavy (non-hydrogen) atoms. The van der Waals surface area contributed by atoms with Gasteiger partial charge in [0, 0.05) is 28.6 Å². The van der Waals surface area contributed by atoms with Gasteiger partial charge >= 0.3 is 17.6 Å². The Morgan fingerprint density at radius 3 is 2.19 bits per heavy atom. The summed E-state index contributed by atoms with van der Waals surface area (Å²) in [5, 5.41) is 6.54. The van der Waals surface area contributed by atoms with Crippen molar-refractivity contribution in [2.45, 2.75) is 34.6 Å². The maximum atomic E-state index is 13.1. The van der Waals surface area contributed by atoms with Crippen LogP contribution in [0, 0.1) is 27.7 Å². The predicted octanol–water partition coefficient (Wildman–Crippen LogP) is 6.92. The lowest BCUT2D eigenvalue weighted by molar-refractivity contribution is -0.131. The molecular formula is C28H25ClN2O5. The molecule has 0 aliphatic heterocycles. The smallest absolute Gasteiger partial charge is 0.360 e. The molecule has 0 radical (unpaired) electrons. The van der Waals surface area contributed by atoms with E-state index in [4.69, 9.17) is 20.8 Å². The molecule has 7 nitrogen and oxygen atoms in total. The Morgan fingerprint density at radius 2 is 1.56 bits per heavy atom. The topological polar surface area (TPSA) is 97.6 Å². The number of rotatable bonds is 4. The molecule has 2 amide bonds. The van der Waals surface area contributed by atoms with Gasteiger partial charge in [-0.15, -0.1) is 0 Å². The summed E-state index contributed by atoms with van der Waals surface area (Å²) in [6.07, 6.45) is 0. The standard InChI is InChI=1S/C28H25ClN2O5/c1-14-8-6-7-9-20(14)24-21-13-22(29)15(2)12-23(21)36-27(33)25(24)31-28(34)30-19-10-16(3)26(17(4)11-19)35-18(5)32/h6-13H,1-5H3,(H2,30,31,34). The number of fused-ring (bicyclic) bond motifs is 1. The van der Waals surface area contributed by atoms with Crippen molar-refractivity contribution in [1.82, 2.24) is 0 Å². The first kappa shape index (κ1) is 25.0. The number of anilines is 2. The highest BCUT2D eigenvalue weighted by Crippen LogP contribution is 2.37. The summed E-state index contributed by atoms with van der Waals surface area (Å²) in [4.78, 5) is 37.5. The fourth-order valence-corrected chi connectivity index (χ4v) is 4.34. The van der Waals surface area contributed by atoms with Crippen LogP contribution in [0.4, 0.5) is 16.2 Å². The third-order valence-electron chi connectivity index (χ3n) is 5.80. The third-order valence-corrected chi connectivity index (χ3v) is 6.21. The van der Waals surface area contributed by atoms with E-state index in [1.54, 1.807) is 38.1 Å². The van der Waals surface area contributed by atoms with Crippen LogP contribution in [0.5, 0.6) is 5.75 Å². The monoisotopic (exact) mass is 504 g/mol. The molecule has 2 N–H and O–H groups in total. The van der Waals surface area contributed by atoms with Gasteiger partial charge in [0.15, 0.2) is 0 Å². The zero-order valence-corrected chi connectivity index (χ0v) is 21.3. The average Bonchev–Trinajstić information content (AvgIpc) is 2.79. The number of aryl methyl sites for hydroxylation is 4. The highest BCUT2D eigenvalue weighted by atomic mass is 35.5. The molecule has 0 saturated carbocycles. The van der Waals surface area contributed by atoms with Gasteiger partial charge in [-0.1, -0.05) is 35.9 Å². The summed E-state index contributed by atoms with van der Waals surface area (Å²) in [6, 6.07) is 13.7. The van der Waals surface area contributed by atoms with Gasteiger partial charge < -0.3 is 19.8 Å². The number of ether oxygens (including phenoxy) is 1. The lowest BCUT2D eigenvalue weighted by atomic mass is 9.96. The molecule has 3 aromatic carbocycles. The first-order valence-corrected chi connectivity index (χ1v) is 11.6. The van der Waals surface area contributed by atoms with E-state index in [0.29, 0.717) is 44.1 Å². The van der Waals surface area contributed by atoms with Crippen molar-refractivity contribution < 1.29 is 18.7 Å². The van der Waals surface area contributed by atoms with Gasteiger partial charge in [0.1, 0.15) is 17.0 Å². The summed E-state index contributed by atoms with van der Waals surface area (Å²) < 4.78 is 10.8. The molecule has 0 unspecified atom stereocenters. The van der Waals surface area contributed by atoms with E-state index in [1.807, 2.05) is 38.1 Å². The van der Waals surface area contributed by atoms with Crippen molar-refractivity contribution in [3.63, 3.8) is 0 Å². The molecule has 0 atom stereocenters. The highest BCUT2D eigenvalue weighted by Gasteiger charge is 2.21. The molecule has 1 heterocycles. The predicted molar refractivity (Wildman–Crippen MR) is 142 cm³/mol. The Morgan fingerprint density at radius 1 is 0.889 bits per heavy atom. The van der Waals surface area contributed by atoms with Crippen LogP contribution in [-0.4, -0.2) is 12.0 Å². The van der Waals surface area contributed by atoms with Gasteiger partial charge in [0.2, 0.25) is 0 Å². The molecule has 184 valence electrons. The van der Waals surface area contributed by atoms with Crippen LogP contribution in [0.3, 0.4) is 0 Å². The van der Waals surface area contributed by atoms with Crippen molar-refractivity contribution in [2.24, 2.45) is 0 Å². The van der Waals surface area contributed by atoms with E-state index in [9.17, 15) is 14.4 Å². The van der Waals surface area contributed by atoms with Gasteiger partial charge in [-0.3, -0.25) is 4.79 Å². The average molecular weight is 505 g/mol. The van der Waals surface area contributed by atoms with Crippen LogP contribution in [0.2, 0.25) is 5.02 Å². The Kier molecular flexibility index (Phi) is 6.86. The minimum absolute atomic E-state index is 0.000744. The maximum Gasteiger partial charge on any atom is 0.360 e. The zero-order chi connectivity index (χ0) is 26.1. The van der Waals surface area contributed by atoms with Crippen LogP contribution in [-0.2, 0) is 4.79 Å². The van der Waals surface area contributed by atoms with E-state index in [1.165, 1.54) is 6.92 Å². The molecule has 8 heteroatoms. The molecule has 1 aromatic heterocycles. The highest BCUT2D eigenvalue weighted by molar-refractivity contribution is 6.32. The van der Waals surface area contributed by atoms with Crippen molar-refractivity contribution in [2.75, 3.05) is 10.6 Å². The molecule has 0 spiro atoms. The molecular weight excluding hydrogens is 480 g/mol. The van der Waals surface area contributed by atoms with Gasteiger partial charge in [-0.05, 0) is 79.8 Å². The van der Waals surface area contributed by atoms with Crippen molar-refractivity contribution in [3.8, 4) is 16.9 Å². The number of benzene rings is 3. The van der Waals surface area contributed by atoms with Gasteiger partial charge in [0.25, 0.3) is 0 Å². The number of hydrogen-bond donors (Lipinski definition) is 2. The number of amides is 2. The van der Waals surface area contributed by atoms with Crippen LogP contribution in [0.25, 0.3) is 22.1 Å². The number of carbonyl (C=O) groups is 2. The molecule has 4 aromatic rings. The van der Waals surface area contributed by atoms with Crippen LogP contribution in [0.1, 0.15) is 29.2 Å². The lowest BCUT2D eigenvalue weighted by Crippen LogP contribution is -2.24. The van der Waals surface area contributed by atoms with Crippen LogP contribution in [0.15, 0.2) is 57.7 Å². The van der Waals surface area contributed by atoms with Crippen LogP contribution < -0.4 is 21.0 Å². The van der Waals surface area contributed by atoms with Crippen molar-refractivity contribution in [3.05, 3.63) is 86.2 Å². The molecule has 0 bridgehead atoms. The molecule has 4 rings (SSSR count). The second-order valence-electron chi connectivity index (χ2n) is 8.66. The number of urea groups is 1. The second kappa shape index (κ2) is 9.87. The van der Waals surface area contributed by atoms with E-state index < -0.39 is 17.6 Å². The summed E-state index contributed by atoms with van der Waals surface area (Å²) in [6.45, 7) is 8.62. The Balaban J connectivity index is 1.78. The normalized spacial score (nSPS) is 10.8. The molecule has 0 aliphatic carbocycles. The minimum Gasteiger partial charge on any atom is -0.426 e. The van der Waals surface area contributed by atoms with E-state index >= 15 is 0 Å². The van der Waals surface area contributed by atoms with E-state index in [2.05, 4.69) is 10.6 Å². The second-order valence-corrected chi connectivity index (χ2v) is 9.07. The van der Waals surface area contributed by atoms with Crippen LogP contribution >= 0.6 is 11.6 Å². The number of esters is 1. The minimum atomic E-state index is -0.685. The SMILES string of the molecule is CC(=O)Oc1c(C)cc(NC(=O)Nc2c(-c3ccccc3C)c3cc(Cl)c(C)cc3oc2=O)cc1C. The Labute approximate surface area is 213 Å². The zero-order valence-electron chi connectivity index (χ0n) is 20.5. The maximum absolute atomic E-state index is 13.1. The van der Waals surface area contributed by atoms with E-state index in [0.717, 1.165) is 16.7 Å². The number of carbonyl (C=O) groups excluding carboxylic acids is 2. The Hall–Kier alpha value is -4.10. The first-order chi connectivity index (χ1) is 17.0. The number of nitrogens with one attached hydrogen (secondary N) is 2. The van der Waals surface area contributed by atoms with Gasteiger partial charge in [-0.2, -0.15) is 0 Å². The van der Waals surface area contributed by atoms with Crippen molar-refractivity contribution >= 4 is 45.9 Å². The summed E-state index contributed by atoms with van der Waals surface area (Å²) in [7, 11) is 0. The third kappa shape index (κ3) is 4.97. The molecule has 0 aliphatic rings. The summed E-state index contributed by atoms with van der Waals surface area (Å²) in [5.74, 6) is 0.0133. The van der Waals surface area contributed by atoms with Gasteiger partial charge in [0.05, 0.1) is 0 Å². The van der Waals surface area contributed by atoms with Crippen molar-refractivity contribution in [1.29, 1.82) is 0 Å².